The lowest BCUT2D eigenvalue weighted by Gasteiger charge is -2.07. The third-order valence-electron chi connectivity index (χ3n) is 1.71. The van der Waals surface area contributed by atoms with Gasteiger partial charge in [0.05, 0.1) is 10.5 Å². The van der Waals surface area contributed by atoms with E-state index >= 15 is 0 Å². The van der Waals surface area contributed by atoms with Gasteiger partial charge in [0.2, 0.25) is 0 Å². The molecule has 9 nitrogen and oxygen atoms in total. The van der Waals surface area contributed by atoms with E-state index in [4.69, 9.17) is 5.11 Å². The molecule has 1 unspecified atom stereocenters. The number of ether oxygens (including phenoxy) is 1. The number of nitro groups is 1. The number of azo groups is 1. The molecule has 0 bridgehead atoms. The van der Waals surface area contributed by atoms with Gasteiger partial charge < -0.3 is 9.84 Å². The molecular weight excluding hydrogens is 246 g/mol. The molecule has 0 radical (unpaired) electrons. The smallest absolute Gasteiger partial charge is 0.458 e. The molecule has 2 amide bonds. The van der Waals surface area contributed by atoms with E-state index < -0.39 is 23.3 Å². The summed E-state index contributed by atoms with van der Waals surface area (Å²) in [4.78, 5) is 30.8. The number of amides is 2. The summed E-state index contributed by atoms with van der Waals surface area (Å²) in [5.74, 6) is 0. The molecule has 0 heterocycles. The molecular formula is C9H7N3O6. The lowest BCUT2D eigenvalue weighted by atomic mass is 10.2. The number of benzene rings is 1. The highest BCUT2D eigenvalue weighted by atomic mass is 16.7. The SMILES string of the molecule is O=C(O)N=NC(=O)OC(c1ccccc1)[N+](=O)[O-]. The van der Waals surface area contributed by atoms with E-state index in [0.717, 1.165) is 0 Å². The zero-order valence-corrected chi connectivity index (χ0v) is 8.79. The first-order chi connectivity index (χ1) is 8.50. The van der Waals surface area contributed by atoms with E-state index in [-0.39, 0.29) is 5.56 Å². The van der Waals surface area contributed by atoms with Gasteiger partial charge in [0.15, 0.2) is 0 Å². The zero-order chi connectivity index (χ0) is 13.5. The first-order valence-corrected chi connectivity index (χ1v) is 4.54. The van der Waals surface area contributed by atoms with Gasteiger partial charge in [-0.05, 0) is 12.1 Å². The first-order valence-electron chi connectivity index (χ1n) is 4.54. The van der Waals surface area contributed by atoms with Gasteiger partial charge in [0.1, 0.15) is 0 Å². The van der Waals surface area contributed by atoms with E-state index in [1.807, 2.05) is 0 Å². The summed E-state index contributed by atoms with van der Waals surface area (Å²) in [6, 6.07) is 7.45. The summed E-state index contributed by atoms with van der Waals surface area (Å²) in [6.07, 6.45) is -4.92. The maximum Gasteiger partial charge on any atom is 0.458 e. The Labute approximate surface area is 99.9 Å². The molecule has 0 aliphatic rings. The van der Waals surface area contributed by atoms with E-state index in [9.17, 15) is 19.7 Å². The summed E-state index contributed by atoms with van der Waals surface area (Å²) in [7, 11) is 0. The Bertz CT molecular complexity index is 486. The molecule has 1 N–H and O–H groups in total. The molecule has 0 aliphatic heterocycles. The van der Waals surface area contributed by atoms with Crippen molar-refractivity contribution in [3.05, 3.63) is 46.0 Å². The van der Waals surface area contributed by atoms with Crippen LogP contribution in [0.1, 0.15) is 11.8 Å². The fraction of sp³-hybridized carbons (Fsp3) is 0.111. The monoisotopic (exact) mass is 253 g/mol. The van der Waals surface area contributed by atoms with Crippen molar-refractivity contribution in [2.24, 2.45) is 10.2 Å². The minimum Gasteiger partial charge on any atom is -0.462 e. The van der Waals surface area contributed by atoms with Gasteiger partial charge >= 0.3 is 18.4 Å². The highest BCUT2D eigenvalue weighted by Gasteiger charge is 2.27. The molecule has 18 heavy (non-hydrogen) atoms. The van der Waals surface area contributed by atoms with Gasteiger partial charge in [-0.1, -0.05) is 28.4 Å². The molecule has 1 aromatic carbocycles. The Morgan fingerprint density at radius 3 is 2.39 bits per heavy atom. The van der Waals surface area contributed by atoms with Gasteiger partial charge in [-0.25, -0.2) is 9.59 Å². The van der Waals surface area contributed by atoms with E-state index in [1.165, 1.54) is 24.3 Å². The predicted octanol–water partition coefficient (Wildman–Crippen LogP) is 2.23. The molecule has 1 atom stereocenters. The van der Waals surface area contributed by atoms with Crippen LogP contribution in [-0.4, -0.2) is 22.2 Å². The Kier molecular flexibility index (Phi) is 4.43. The lowest BCUT2D eigenvalue weighted by molar-refractivity contribution is -0.574. The zero-order valence-electron chi connectivity index (χ0n) is 8.79. The summed E-state index contributed by atoms with van der Waals surface area (Å²) < 4.78 is 4.39. The maximum atomic E-state index is 11.0. The Morgan fingerprint density at radius 1 is 1.28 bits per heavy atom. The minimum atomic E-state index is -1.76. The van der Waals surface area contributed by atoms with Crippen LogP contribution in [0, 0.1) is 10.1 Å². The molecule has 0 aromatic heterocycles. The molecule has 1 rings (SSSR count). The van der Waals surface area contributed by atoms with Crippen LogP contribution in [-0.2, 0) is 4.74 Å². The summed E-state index contributed by atoms with van der Waals surface area (Å²) in [5.41, 5.74) is 0.126. The number of rotatable bonds is 3. The highest BCUT2D eigenvalue weighted by molar-refractivity contribution is 5.72. The van der Waals surface area contributed by atoms with Crippen LogP contribution in [0.2, 0.25) is 0 Å². The quantitative estimate of drug-likeness (QED) is 0.380. The van der Waals surface area contributed by atoms with Crippen LogP contribution in [0.3, 0.4) is 0 Å². The second-order valence-corrected chi connectivity index (χ2v) is 2.91. The van der Waals surface area contributed by atoms with Crippen molar-refractivity contribution in [1.29, 1.82) is 0 Å². The summed E-state index contributed by atoms with van der Waals surface area (Å²) in [6.45, 7) is 0. The standard InChI is InChI=1S/C9H7N3O6/c13-8(14)10-11-9(15)18-7(12(16)17)6-4-2-1-3-5-6/h1-5,7H,(H,13,14). The van der Waals surface area contributed by atoms with Gasteiger partial charge in [-0.2, -0.15) is 0 Å². The Balaban J connectivity index is 2.80. The molecule has 9 heteroatoms. The predicted molar refractivity (Wildman–Crippen MR) is 55.5 cm³/mol. The minimum absolute atomic E-state index is 0.126. The van der Waals surface area contributed by atoms with E-state index in [2.05, 4.69) is 15.0 Å². The first kappa shape index (κ1) is 13.2. The van der Waals surface area contributed by atoms with Crippen LogP contribution >= 0.6 is 0 Å². The highest BCUT2D eigenvalue weighted by Crippen LogP contribution is 2.18. The number of nitrogens with zero attached hydrogens (tertiary/aromatic N) is 3. The van der Waals surface area contributed by atoms with Crippen molar-refractivity contribution >= 4 is 12.2 Å². The van der Waals surface area contributed by atoms with Gasteiger partial charge in [0, 0.05) is 0 Å². The molecule has 0 aliphatic carbocycles. The molecule has 94 valence electrons. The Morgan fingerprint density at radius 2 is 1.89 bits per heavy atom. The van der Waals surface area contributed by atoms with Gasteiger partial charge in [-0.15, -0.1) is 0 Å². The summed E-state index contributed by atoms with van der Waals surface area (Å²) >= 11 is 0. The van der Waals surface area contributed by atoms with Crippen molar-refractivity contribution in [1.82, 2.24) is 0 Å². The molecule has 0 spiro atoms. The lowest BCUT2D eigenvalue weighted by Crippen LogP contribution is -2.16. The second-order valence-electron chi connectivity index (χ2n) is 2.91. The van der Waals surface area contributed by atoms with Crippen molar-refractivity contribution in [3.8, 4) is 0 Å². The van der Waals surface area contributed by atoms with Gasteiger partial charge in [0.25, 0.3) is 0 Å². The van der Waals surface area contributed by atoms with Crippen molar-refractivity contribution < 1.29 is 24.4 Å². The van der Waals surface area contributed by atoms with Crippen LogP contribution < -0.4 is 0 Å². The Hall–Kier alpha value is -2.84. The fourth-order valence-electron chi connectivity index (χ4n) is 1.05. The molecule has 0 saturated carbocycles. The topological polar surface area (TPSA) is 131 Å². The summed E-state index contributed by atoms with van der Waals surface area (Å²) in [5, 5.41) is 23.9. The average molecular weight is 253 g/mol. The van der Waals surface area contributed by atoms with Crippen molar-refractivity contribution in [2.45, 2.75) is 6.23 Å². The maximum absolute atomic E-state index is 11.0. The number of hydrogen-bond acceptors (Lipinski definition) is 5. The number of carboxylic acid groups (broad SMARTS) is 1. The van der Waals surface area contributed by atoms with Crippen LogP contribution in [0.4, 0.5) is 9.59 Å². The number of hydrogen-bond donors (Lipinski definition) is 1. The van der Waals surface area contributed by atoms with Crippen LogP contribution in [0.5, 0.6) is 0 Å². The van der Waals surface area contributed by atoms with E-state index in [0.29, 0.717) is 0 Å². The molecule has 1 aromatic rings. The molecule has 0 saturated heterocycles. The van der Waals surface area contributed by atoms with Crippen LogP contribution in [0.25, 0.3) is 0 Å². The number of carbonyl (C=O) groups is 2. The number of carbonyl (C=O) groups excluding carboxylic acids is 1. The third kappa shape index (κ3) is 3.96. The largest absolute Gasteiger partial charge is 0.462 e. The van der Waals surface area contributed by atoms with Crippen molar-refractivity contribution in [2.75, 3.05) is 0 Å². The van der Waals surface area contributed by atoms with Crippen LogP contribution in [0.15, 0.2) is 40.6 Å². The fourth-order valence-corrected chi connectivity index (χ4v) is 1.05. The second kappa shape index (κ2) is 6.03. The van der Waals surface area contributed by atoms with Crippen molar-refractivity contribution in [3.63, 3.8) is 0 Å². The van der Waals surface area contributed by atoms with Gasteiger partial charge in [-0.3, -0.25) is 10.1 Å². The average Bonchev–Trinajstić information content (AvgIpc) is 2.34. The third-order valence-corrected chi connectivity index (χ3v) is 1.71. The molecule has 0 fully saturated rings. The normalized spacial score (nSPS) is 12.0. The van der Waals surface area contributed by atoms with E-state index in [1.54, 1.807) is 6.07 Å².